The van der Waals surface area contributed by atoms with E-state index in [2.05, 4.69) is 22.5 Å². The van der Waals surface area contributed by atoms with Crippen molar-refractivity contribution in [3.8, 4) is 0 Å². The van der Waals surface area contributed by atoms with Crippen molar-refractivity contribution in [1.29, 1.82) is 0 Å². The van der Waals surface area contributed by atoms with Gasteiger partial charge in [-0.3, -0.25) is 9.69 Å². The topological polar surface area (TPSA) is 70.4 Å². The van der Waals surface area contributed by atoms with Crippen molar-refractivity contribution in [2.24, 2.45) is 0 Å². The summed E-state index contributed by atoms with van der Waals surface area (Å²) in [5.41, 5.74) is 7.13. The summed E-state index contributed by atoms with van der Waals surface area (Å²) in [6.45, 7) is 5.80. The van der Waals surface area contributed by atoms with Crippen molar-refractivity contribution in [2.75, 3.05) is 37.2 Å². The van der Waals surface area contributed by atoms with Gasteiger partial charge in [0.15, 0.2) is 0 Å². The van der Waals surface area contributed by atoms with Crippen molar-refractivity contribution in [3.63, 3.8) is 0 Å². The maximum Gasteiger partial charge on any atom is 0.241 e. The summed E-state index contributed by atoms with van der Waals surface area (Å²) in [6.07, 6.45) is 0.820. The summed E-state index contributed by atoms with van der Waals surface area (Å²) in [5, 5.41) is 6.26. The fourth-order valence-corrected chi connectivity index (χ4v) is 2.40. The molecule has 4 N–H and O–H groups in total. The summed E-state index contributed by atoms with van der Waals surface area (Å²) in [7, 11) is 0. The zero-order chi connectivity index (χ0) is 13.7. The highest BCUT2D eigenvalue weighted by molar-refractivity contribution is 5.94. The van der Waals surface area contributed by atoms with Crippen LogP contribution in [-0.2, 0) is 4.79 Å². The first-order valence-electron chi connectivity index (χ1n) is 6.82. The van der Waals surface area contributed by atoms with E-state index in [-0.39, 0.29) is 11.9 Å². The van der Waals surface area contributed by atoms with Crippen LogP contribution in [0.2, 0.25) is 0 Å². The summed E-state index contributed by atoms with van der Waals surface area (Å²) in [4.78, 5) is 14.6. The number of carbonyl (C=O) groups is 1. The third kappa shape index (κ3) is 3.68. The zero-order valence-electron chi connectivity index (χ0n) is 11.4. The average Bonchev–Trinajstić information content (AvgIpc) is 2.43. The number of hydrogen-bond donors (Lipinski definition) is 3. The molecule has 0 saturated carbocycles. The van der Waals surface area contributed by atoms with Crippen LogP contribution in [-0.4, -0.2) is 43.0 Å². The molecule has 0 bridgehead atoms. The number of rotatable bonds is 4. The lowest BCUT2D eigenvalue weighted by atomic mass is 10.1. The van der Waals surface area contributed by atoms with Crippen molar-refractivity contribution in [3.05, 3.63) is 24.3 Å². The molecule has 1 fully saturated rings. The van der Waals surface area contributed by atoms with Gasteiger partial charge in [0, 0.05) is 37.6 Å². The second-order valence-corrected chi connectivity index (χ2v) is 4.82. The van der Waals surface area contributed by atoms with E-state index in [9.17, 15) is 4.79 Å². The number of nitrogens with two attached hydrogens (primary N) is 1. The number of benzene rings is 1. The van der Waals surface area contributed by atoms with Gasteiger partial charge in [-0.2, -0.15) is 0 Å². The summed E-state index contributed by atoms with van der Waals surface area (Å²) < 4.78 is 0. The standard InChI is InChI=1S/C14H22N4O/c1-2-13(18-9-7-16-8-10-18)14(19)17-12-5-3-11(15)4-6-12/h3-6,13,16H,2,7-10,15H2,1H3,(H,17,19). The molecule has 1 unspecified atom stereocenters. The van der Waals surface area contributed by atoms with E-state index in [1.54, 1.807) is 12.1 Å². The summed E-state index contributed by atoms with van der Waals surface area (Å²) in [6, 6.07) is 7.19. The zero-order valence-corrected chi connectivity index (χ0v) is 11.4. The molecule has 0 spiro atoms. The molecular weight excluding hydrogens is 240 g/mol. The van der Waals surface area contributed by atoms with Crippen LogP contribution in [0.4, 0.5) is 11.4 Å². The highest BCUT2D eigenvalue weighted by atomic mass is 16.2. The van der Waals surface area contributed by atoms with Gasteiger partial charge in [-0.05, 0) is 30.7 Å². The number of nitrogens with one attached hydrogen (secondary N) is 2. The fourth-order valence-electron chi connectivity index (χ4n) is 2.40. The predicted octanol–water partition coefficient (Wildman–Crippen LogP) is 0.891. The Morgan fingerprint density at radius 3 is 2.58 bits per heavy atom. The number of carbonyl (C=O) groups excluding carboxylic acids is 1. The highest BCUT2D eigenvalue weighted by Crippen LogP contribution is 2.13. The number of hydrogen-bond acceptors (Lipinski definition) is 4. The lowest BCUT2D eigenvalue weighted by Crippen LogP contribution is -2.52. The van der Waals surface area contributed by atoms with Crippen LogP contribution in [0.3, 0.4) is 0 Å². The molecular formula is C14H22N4O. The Balaban J connectivity index is 1.97. The Hall–Kier alpha value is -1.59. The van der Waals surface area contributed by atoms with Crippen LogP contribution in [0.5, 0.6) is 0 Å². The second-order valence-electron chi connectivity index (χ2n) is 4.82. The Morgan fingerprint density at radius 1 is 1.37 bits per heavy atom. The maximum absolute atomic E-state index is 12.3. The molecule has 104 valence electrons. The van der Waals surface area contributed by atoms with Gasteiger partial charge in [-0.1, -0.05) is 6.92 Å². The van der Waals surface area contributed by atoms with Gasteiger partial charge in [-0.15, -0.1) is 0 Å². The van der Waals surface area contributed by atoms with Crippen LogP contribution in [0.25, 0.3) is 0 Å². The van der Waals surface area contributed by atoms with Crippen LogP contribution < -0.4 is 16.4 Å². The molecule has 1 amide bonds. The molecule has 1 atom stereocenters. The molecule has 1 aromatic rings. The molecule has 1 aromatic carbocycles. The van der Waals surface area contributed by atoms with Gasteiger partial charge >= 0.3 is 0 Å². The first-order valence-corrected chi connectivity index (χ1v) is 6.82. The van der Waals surface area contributed by atoms with Gasteiger partial charge in [-0.25, -0.2) is 0 Å². The quantitative estimate of drug-likeness (QED) is 0.705. The molecule has 5 heteroatoms. The predicted molar refractivity (Wildman–Crippen MR) is 78.0 cm³/mol. The lowest BCUT2D eigenvalue weighted by Gasteiger charge is -2.33. The molecule has 1 heterocycles. The van der Waals surface area contributed by atoms with E-state index >= 15 is 0 Å². The number of piperazine rings is 1. The van der Waals surface area contributed by atoms with Crippen LogP contribution in [0.1, 0.15) is 13.3 Å². The fraction of sp³-hybridized carbons (Fsp3) is 0.500. The second kappa shape index (κ2) is 6.54. The number of nitrogens with zero attached hydrogens (tertiary/aromatic N) is 1. The Morgan fingerprint density at radius 2 is 2.00 bits per heavy atom. The minimum Gasteiger partial charge on any atom is -0.399 e. The number of nitrogen functional groups attached to an aromatic ring is 1. The maximum atomic E-state index is 12.3. The van der Waals surface area contributed by atoms with Crippen molar-refractivity contribution < 1.29 is 4.79 Å². The minimum absolute atomic E-state index is 0.0559. The molecule has 0 aliphatic carbocycles. The molecule has 0 aromatic heterocycles. The van der Waals surface area contributed by atoms with Gasteiger partial charge < -0.3 is 16.4 Å². The molecule has 19 heavy (non-hydrogen) atoms. The smallest absolute Gasteiger partial charge is 0.241 e. The van der Waals surface area contributed by atoms with E-state index in [0.29, 0.717) is 5.69 Å². The average molecular weight is 262 g/mol. The third-order valence-corrected chi connectivity index (χ3v) is 3.46. The largest absolute Gasteiger partial charge is 0.399 e. The third-order valence-electron chi connectivity index (χ3n) is 3.46. The first kappa shape index (κ1) is 13.8. The first-order chi connectivity index (χ1) is 9.20. The molecule has 5 nitrogen and oxygen atoms in total. The van der Waals surface area contributed by atoms with Crippen LogP contribution >= 0.6 is 0 Å². The van der Waals surface area contributed by atoms with E-state index in [1.807, 2.05) is 12.1 Å². The van der Waals surface area contributed by atoms with Crippen molar-refractivity contribution in [2.45, 2.75) is 19.4 Å². The molecule has 0 radical (unpaired) electrons. The Bertz CT molecular complexity index is 412. The SMILES string of the molecule is CCC(C(=O)Nc1ccc(N)cc1)N1CCNCC1. The monoisotopic (exact) mass is 262 g/mol. The Labute approximate surface area is 114 Å². The highest BCUT2D eigenvalue weighted by Gasteiger charge is 2.25. The van der Waals surface area contributed by atoms with Gasteiger partial charge in [0.05, 0.1) is 6.04 Å². The normalized spacial score (nSPS) is 17.9. The minimum atomic E-state index is -0.0559. The van der Waals surface area contributed by atoms with Gasteiger partial charge in [0.25, 0.3) is 0 Å². The molecule has 1 saturated heterocycles. The van der Waals surface area contributed by atoms with Crippen molar-refractivity contribution >= 4 is 17.3 Å². The lowest BCUT2D eigenvalue weighted by molar-refractivity contribution is -0.121. The van der Waals surface area contributed by atoms with Crippen molar-refractivity contribution in [1.82, 2.24) is 10.2 Å². The van der Waals surface area contributed by atoms with Crippen LogP contribution in [0.15, 0.2) is 24.3 Å². The van der Waals surface area contributed by atoms with Gasteiger partial charge in [0.1, 0.15) is 0 Å². The van der Waals surface area contributed by atoms with E-state index < -0.39 is 0 Å². The van der Waals surface area contributed by atoms with Gasteiger partial charge in [0.2, 0.25) is 5.91 Å². The summed E-state index contributed by atoms with van der Waals surface area (Å²) >= 11 is 0. The van der Waals surface area contributed by atoms with Crippen LogP contribution in [0, 0.1) is 0 Å². The van der Waals surface area contributed by atoms with E-state index in [1.165, 1.54) is 0 Å². The summed E-state index contributed by atoms with van der Waals surface area (Å²) in [5.74, 6) is 0.0640. The number of anilines is 2. The molecule has 2 rings (SSSR count). The number of amides is 1. The van der Waals surface area contributed by atoms with E-state index in [4.69, 9.17) is 5.73 Å². The molecule has 1 aliphatic rings. The Kier molecular flexibility index (Phi) is 4.76. The van der Waals surface area contributed by atoms with E-state index in [0.717, 1.165) is 38.3 Å². The molecule has 1 aliphatic heterocycles.